The van der Waals surface area contributed by atoms with Crippen molar-refractivity contribution in [1.82, 2.24) is 0 Å². The fourth-order valence-corrected chi connectivity index (χ4v) is 5.77. The maximum atomic E-state index is 12.5. The van der Waals surface area contributed by atoms with Gasteiger partial charge in [0.05, 0.1) is 0 Å². The van der Waals surface area contributed by atoms with E-state index in [9.17, 15) is 4.79 Å². The van der Waals surface area contributed by atoms with Crippen molar-refractivity contribution in [2.45, 2.75) is 96.0 Å². The zero-order valence-electron chi connectivity index (χ0n) is 14.3. The third-order valence-corrected chi connectivity index (χ3v) is 6.80. The molecular formula is C20H32O2. The maximum Gasteiger partial charge on any atom is 0.333 e. The van der Waals surface area contributed by atoms with E-state index in [1.807, 2.05) is 0 Å². The first-order chi connectivity index (χ1) is 10.6. The summed E-state index contributed by atoms with van der Waals surface area (Å²) < 4.78 is 6.35. The maximum absolute atomic E-state index is 12.5. The third-order valence-electron chi connectivity index (χ3n) is 6.80. The molecule has 2 nitrogen and oxygen atoms in total. The van der Waals surface area contributed by atoms with Gasteiger partial charge >= 0.3 is 5.97 Å². The molecule has 1 unspecified atom stereocenters. The molecule has 124 valence electrons. The Labute approximate surface area is 135 Å². The molecule has 0 heterocycles. The molecular weight excluding hydrogens is 272 g/mol. The Morgan fingerprint density at radius 3 is 2.14 bits per heavy atom. The second-order valence-corrected chi connectivity index (χ2v) is 8.09. The molecule has 3 aliphatic carbocycles. The summed E-state index contributed by atoms with van der Waals surface area (Å²) in [6.07, 6.45) is 16.6. The van der Waals surface area contributed by atoms with Crippen LogP contribution in [-0.4, -0.2) is 11.6 Å². The highest BCUT2D eigenvalue weighted by Crippen LogP contribution is 2.61. The average Bonchev–Trinajstić information content (AvgIpc) is 2.87. The zero-order chi connectivity index (χ0) is 15.6. The SMILES string of the molecule is C=C(C)C(=O)OC1(C2CCCCC2)CCCC12CCCCC2. The number of esters is 1. The van der Waals surface area contributed by atoms with Gasteiger partial charge in [0.15, 0.2) is 0 Å². The fourth-order valence-electron chi connectivity index (χ4n) is 5.77. The molecule has 3 rings (SSSR count). The van der Waals surface area contributed by atoms with Crippen molar-refractivity contribution < 1.29 is 9.53 Å². The van der Waals surface area contributed by atoms with Gasteiger partial charge in [-0.25, -0.2) is 4.79 Å². The van der Waals surface area contributed by atoms with Gasteiger partial charge in [-0.2, -0.15) is 0 Å². The van der Waals surface area contributed by atoms with Crippen LogP contribution in [0, 0.1) is 11.3 Å². The molecule has 0 bridgehead atoms. The van der Waals surface area contributed by atoms with Crippen molar-refractivity contribution in [2.24, 2.45) is 11.3 Å². The first-order valence-corrected chi connectivity index (χ1v) is 9.49. The van der Waals surface area contributed by atoms with Crippen molar-refractivity contribution in [2.75, 3.05) is 0 Å². The molecule has 3 aliphatic rings. The summed E-state index contributed by atoms with van der Waals surface area (Å²) >= 11 is 0. The second kappa shape index (κ2) is 6.37. The van der Waals surface area contributed by atoms with Crippen molar-refractivity contribution in [3.8, 4) is 0 Å². The van der Waals surface area contributed by atoms with Gasteiger partial charge in [0.2, 0.25) is 0 Å². The molecule has 22 heavy (non-hydrogen) atoms. The molecule has 0 radical (unpaired) electrons. The van der Waals surface area contributed by atoms with Crippen molar-refractivity contribution >= 4 is 5.97 Å². The Kier molecular flexibility index (Phi) is 4.66. The molecule has 0 aromatic rings. The standard InChI is InChI=1S/C20H32O2/c1-16(2)18(21)22-20(17-10-5-3-6-11-17)15-9-14-19(20)12-7-4-8-13-19/h17H,1,3-15H2,2H3. The van der Waals surface area contributed by atoms with Crippen LogP contribution in [0.1, 0.15) is 90.4 Å². The number of carbonyl (C=O) groups excluding carboxylic acids is 1. The second-order valence-electron chi connectivity index (χ2n) is 8.09. The Bertz CT molecular complexity index is 427. The lowest BCUT2D eigenvalue weighted by Crippen LogP contribution is -2.54. The summed E-state index contributed by atoms with van der Waals surface area (Å²) in [4.78, 5) is 12.5. The van der Waals surface area contributed by atoms with E-state index in [2.05, 4.69) is 6.58 Å². The van der Waals surface area contributed by atoms with E-state index in [0.29, 0.717) is 11.5 Å². The summed E-state index contributed by atoms with van der Waals surface area (Å²) in [5, 5.41) is 0. The number of ether oxygens (including phenoxy) is 1. The van der Waals surface area contributed by atoms with Crippen molar-refractivity contribution in [1.29, 1.82) is 0 Å². The minimum Gasteiger partial charge on any atom is -0.455 e. The molecule has 0 N–H and O–H groups in total. The summed E-state index contributed by atoms with van der Waals surface area (Å²) in [5.41, 5.74) is 0.662. The molecule has 0 aromatic carbocycles. The van der Waals surface area contributed by atoms with Gasteiger partial charge in [0.1, 0.15) is 5.60 Å². The smallest absolute Gasteiger partial charge is 0.333 e. The quantitative estimate of drug-likeness (QED) is 0.504. The molecule has 3 fully saturated rings. The average molecular weight is 304 g/mol. The van der Waals surface area contributed by atoms with Crippen molar-refractivity contribution in [3.63, 3.8) is 0 Å². The summed E-state index contributed by atoms with van der Waals surface area (Å²) in [6.45, 7) is 5.62. The highest BCUT2D eigenvalue weighted by Gasteiger charge is 2.60. The lowest BCUT2D eigenvalue weighted by Gasteiger charge is -2.52. The van der Waals surface area contributed by atoms with E-state index in [4.69, 9.17) is 4.74 Å². The Morgan fingerprint density at radius 1 is 0.909 bits per heavy atom. The minimum absolute atomic E-state index is 0.141. The van der Waals surface area contributed by atoms with Crippen LogP contribution in [0.15, 0.2) is 12.2 Å². The van der Waals surface area contributed by atoms with Crippen molar-refractivity contribution in [3.05, 3.63) is 12.2 Å². The highest BCUT2D eigenvalue weighted by atomic mass is 16.6. The predicted molar refractivity (Wildman–Crippen MR) is 89.6 cm³/mol. The summed E-state index contributed by atoms with van der Waals surface area (Å²) in [7, 11) is 0. The highest BCUT2D eigenvalue weighted by molar-refractivity contribution is 5.87. The minimum atomic E-state index is -0.177. The van der Waals surface area contributed by atoms with Gasteiger partial charge in [0.25, 0.3) is 0 Å². The lowest BCUT2D eigenvalue weighted by molar-refractivity contribution is -0.188. The first-order valence-electron chi connectivity index (χ1n) is 9.49. The number of rotatable bonds is 3. The van der Waals surface area contributed by atoms with Gasteiger partial charge in [-0.3, -0.25) is 0 Å². The first kappa shape index (κ1) is 16.1. The number of hydrogen-bond donors (Lipinski definition) is 0. The van der Waals surface area contributed by atoms with Crippen LogP contribution in [-0.2, 0) is 9.53 Å². The molecule has 0 aliphatic heterocycles. The molecule has 2 heteroatoms. The van der Waals surface area contributed by atoms with Crippen LogP contribution >= 0.6 is 0 Å². The van der Waals surface area contributed by atoms with Crippen LogP contribution in [0.25, 0.3) is 0 Å². The third kappa shape index (κ3) is 2.63. The Morgan fingerprint density at radius 2 is 1.50 bits per heavy atom. The van der Waals surface area contributed by atoms with Crippen LogP contribution < -0.4 is 0 Å². The van der Waals surface area contributed by atoms with E-state index in [0.717, 1.165) is 6.42 Å². The summed E-state index contributed by atoms with van der Waals surface area (Å²) in [6, 6.07) is 0. The predicted octanol–water partition coefficient (Wildman–Crippen LogP) is 5.56. The van der Waals surface area contributed by atoms with Gasteiger partial charge in [0, 0.05) is 11.0 Å². The topological polar surface area (TPSA) is 26.3 Å². The largest absolute Gasteiger partial charge is 0.455 e. The zero-order valence-corrected chi connectivity index (χ0v) is 14.3. The van der Waals surface area contributed by atoms with Crippen LogP contribution in [0.4, 0.5) is 0 Å². The van der Waals surface area contributed by atoms with Crippen LogP contribution in [0.3, 0.4) is 0 Å². The molecule has 0 amide bonds. The molecule has 0 saturated heterocycles. The van der Waals surface area contributed by atoms with Gasteiger partial charge < -0.3 is 4.74 Å². The van der Waals surface area contributed by atoms with Gasteiger partial charge in [-0.15, -0.1) is 0 Å². The normalized spacial score (nSPS) is 32.0. The van der Waals surface area contributed by atoms with E-state index in [1.165, 1.54) is 77.0 Å². The Balaban J connectivity index is 1.93. The van der Waals surface area contributed by atoms with E-state index >= 15 is 0 Å². The van der Waals surface area contributed by atoms with E-state index in [1.54, 1.807) is 6.92 Å². The van der Waals surface area contributed by atoms with E-state index < -0.39 is 0 Å². The molecule has 1 atom stereocenters. The molecule has 3 saturated carbocycles. The summed E-state index contributed by atoms with van der Waals surface area (Å²) in [5.74, 6) is 0.447. The molecule has 1 spiro atoms. The fraction of sp³-hybridized carbons (Fsp3) is 0.850. The van der Waals surface area contributed by atoms with Gasteiger partial charge in [-0.05, 0) is 57.8 Å². The van der Waals surface area contributed by atoms with Crippen LogP contribution in [0.5, 0.6) is 0 Å². The Hall–Kier alpha value is -0.790. The number of hydrogen-bond acceptors (Lipinski definition) is 2. The number of carbonyl (C=O) groups is 1. The van der Waals surface area contributed by atoms with E-state index in [-0.39, 0.29) is 17.0 Å². The lowest BCUT2D eigenvalue weighted by atomic mass is 9.58. The van der Waals surface area contributed by atoms with Gasteiger partial charge in [-0.1, -0.05) is 45.1 Å². The molecule has 0 aromatic heterocycles. The monoisotopic (exact) mass is 304 g/mol. The van der Waals surface area contributed by atoms with Crippen LogP contribution in [0.2, 0.25) is 0 Å².